The predicted molar refractivity (Wildman–Crippen MR) is 115 cm³/mol. The summed E-state index contributed by atoms with van der Waals surface area (Å²) >= 11 is 0. The SMILES string of the molecule is C[C@](O)(c1ccc(C(=O)N(C2CC2)C2CCC(C#N)(c3ccc(F)cn3)CC2)cc1)C(F)(F)F. The van der Waals surface area contributed by atoms with Crippen molar-refractivity contribution in [2.75, 3.05) is 0 Å². The summed E-state index contributed by atoms with van der Waals surface area (Å²) in [6, 6.07) is 10.0. The van der Waals surface area contributed by atoms with Gasteiger partial charge in [0, 0.05) is 17.6 Å². The molecule has 2 aromatic rings. The third-order valence-corrected chi connectivity index (χ3v) is 7.05. The number of aliphatic hydroxyl groups is 1. The van der Waals surface area contributed by atoms with Crippen molar-refractivity contribution in [2.24, 2.45) is 0 Å². The summed E-state index contributed by atoms with van der Waals surface area (Å²) in [6.45, 7) is 0.680. The maximum absolute atomic E-state index is 13.3. The molecule has 1 N–H and O–H groups in total. The number of aromatic nitrogens is 1. The van der Waals surface area contributed by atoms with Crippen molar-refractivity contribution in [3.05, 3.63) is 65.2 Å². The normalized spacial score (nSPS) is 24.7. The van der Waals surface area contributed by atoms with Crippen LogP contribution in [-0.4, -0.2) is 39.2 Å². The minimum absolute atomic E-state index is 0.0639. The van der Waals surface area contributed by atoms with Crippen LogP contribution in [0.25, 0.3) is 0 Å². The van der Waals surface area contributed by atoms with Crippen molar-refractivity contribution in [1.29, 1.82) is 5.26 Å². The van der Waals surface area contributed by atoms with E-state index < -0.39 is 23.0 Å². The first-order valence-electron chi connectivity index (χ1n) is 11.2. The van der Waals surface area contributed by atoms with Crippen LogP contribution in [-0.2, 0) is 11.0 Å². The first-order chi connectivity index (χ1) is 16.0. The Bertz CT molecular complexity index is 1080. The monoisotopic (exact) mass is 475 g/mol. The molecule has 34 heavy (non-hydrogen) atoms. The van der Waals surface area contributed by atoms with Crippen molar-refractivity contribution in [1.82, 2.24) is 9.88 Å². The van der Waals surface area contributed by atoms with E-state index in [-0.39, 0.29) is 29.1 Å². The van der Waals surface area contributed by atoms with Gasteiger partial charge in [-0.25, -0.2) is 4.39 Å². The van der Waals surface area contributed by atoms with E-state index in [1.165, 1.54) is 24.3 Å². The van der Waals surface area contributed by atoms with Gasteiger partial charge in [-0.2, -0.15) is 18.4 Å². The fourth-order valence-corrected chi connectivity index (χ4v) is 4.69. The Morgan fingerprint density at radius 2 is 1.68 bits per heavy atom. The van der Waals surface area contributed by atoms with Crippen LogP contribution in [0.4, 0.5) is 17.6 Å². The average Bonchev–Trinajstić information content (AvgIpc) is 3.65. The number of carbonyl (C=O) groups is 1. The van der Waals surface area contributed by atoms with E-state index in [9.17, 15) is 32.7 Å². The maximum Gasteiger partial charge on any atom is 0.421 e. The molecule has 1 aromatic heterocycles. The number of alkyl halides is 3. The highest BCUT2D eigenvalue weighted by Crippen LogP contribution is 2.43. The Morgan fingerprint density at radius 3 is 2.15 bits per heavy atom. The Balaban J connectivity index is 1.51. The fourth-order valence-electron chi connectivity index (χ4n) is 4.69. The molecule has 1 heterocycles. The van der Waals surface area contributed by atoms with Gasteiger partial charge in [0.25, 0.3) is 5.91 Å². The second-order valence-electron chi connectivity index (χ2n) is 9.38. The van der Waals surface area contributed by atoms with E-state index in [2.05, 4.69) is 11.1 Å². The average molecular weight is 475 g/mol. The number of amides is 1. The molecular formula is C25H25F4N3O2. The minimum Gasteiger partial charge on any atom is -0.376 e. The number of benzene rings is 1. The molecule has 0 bridgehead atoms. The lowest BCUT2D eigenvalue weighted by atomic mass is 9.71. The lowest BCUT2D eigenvalue weighted by Gasteiger charge is -2.40. The Kier molecular flexibility index (Phi) is 6.15. The Morgan fingerprint density at radius 1 is 1.09 bits per heavy atom. The topological polar surface area (TPSA) is 77.2 Å². The smallest absolute Gasteiger partial charge is 0.376 e. The molecule has 0 saturated heterocycles. The van der Waals surface area contributed by atoms with Crippen molar-refractivity contribution in [2.45, 2.75) is 74.7 Å². The molecule has 0 radical (unpaired) electrons. The third kappa shape index (κ3) is 4.39. The summed E-state index contributed by atoms with van der Waals surface area (Å²) in [5.41, 5.74) is -3.41. The lowest BCUT2D eigenvalue weighted by Crippen LogP contribution is -2.46. The molecule has 5 nitrogen and oxygen atoms in total. The molecule has 0 unspecified atom stereocenters. The number of hydrogen-bond acceptors (Lipinski definition) is 4. The first kappa shape index (κ1) is 24.1. The third-order valence-electron chi connectivity index (χ3n) is 7.05. The molecule has 9 heteroatoms. The molecule has 2 aliphatic rings. The van der Waals surface area contributed by atoms with E-state index in [1.807, 2.05) is 0 Å². The van der Waals surface area contributed by atoms with Crippen LogP contribution < -0.4 is 0 Å². The summed E-state index contributed by atoms with van der Waals surface area (Å²) in [4.78, 5) is 19.3. The van der Waals surface area contributed by atoms with Crippen LogP contribution in [0.1, 0.15) is 67.1 Å². The number of halogens is 4. The quantitative estimate of drug-likeness (QED) is 0.618. The predicted octanol–water partition coefficient (Wildman–Crippen LogP) is 5.00. The van der Waals surface area contributed by atoms with Gasteiger partial charge < -0.3 is 10.0 Å². The van der Waals surface area contributed by atoms with E-state index in [0.717, 1.165) is 31.2 Å². The van der Waals surface area contributed by atoms with Crippen LogP contribution in [0.15, 0.2) is 42.6 Å². The summed E-state index contributed by atoms with van der Waals surface area (Å²) < 4.78 is 52.7. The second kappa shape index (κ2) is 8.66. The molecule has 1 atom stereocenters. The van der Waals surface area contributed by atoms with Gasteiger partial charge in [-0.05, 0) is 75.3 Å². The summed E-state index contributed by atoms with van der Waals surface area (Å²) in [5.74, 6) is -0.742. The van der Waals surface area contributed by atoms with E-state index in [0.29, 0.717) is 38.3 Å². The van der Waals surface area contributed by atoms with E-state index in [1.54, 1.807) is 4.90 Å². The minimum atomic E-state index is -4.84. The van der Waals surface area contributed by atoms with Gasteiger partial charge in [0.2, 0.25) is 0 Å². The number of nitriles is 1. The summed E-state index contributed by atoms with van der Waals surface area (Å²) in [5, 5.41) is 19.8. The Labute approximate surface area is 195 Å². The van der Waals surface area contributed by atoms with Crippen LogP contribution in [0.5, 0.6) is 0 Å². The van der Waals surface area contributed by atoms with Gasteiger partial charge in [-0.15, -0.1) is 0 Å². The van der Waals surface area contributed by atoms with Gasteiger partial charge in [0.15, 0.2) is 5.60 Å². The molecule has 4 rings (SSSR count). The highest BCUT2D eigenvalue weighted by atomic mass is 19.4. The molecule has 180 valence electrons. The number of nitrogens with zero attached hydrogens (tertiary/aromatic N) is 3. The summed E-state index contributed by atoms with van der Waals surface area (Å²) in [7, 11) is 0. The number of pyridine rings is 1. The van der Waals surface area contributed by atoms with E-state index in [4.69, 9.17) is 0 Å². The van der Waals surface area contributed by atoms with Gasteiger partial charge in [-0.3, -0.25) is 9.78 Å². The van der Waals surface area contributed by atoms with Gasteiger partial charge >= 0.3 is 6.18 Å². The number of rotatable bonds is 5. The molecule has 1 aromatic carbocycles. The van der Waals surface area contributed by atoms with Gasteiger partial charge in [-0.1, -0.05) is 12.1 Å². The molecule has 2 aliphatic carbocycles. The zero-order chi connectivity index (χ0) is 24.7. The van der Waals surface area contributed by atoms with Gasteiger partial charge in [0.1, 0.15) is 5.82 Å². The molecule has 2 fully saturated rings. The van der Waals surface area contributed by atoms with Crippen LogP contribution in [0, 0.1) is 17.1 Å². The van der Waals surface area contributed by atoms with Crippen molar-refractivity contribution in [3.63, 3.8) is 0 Å². The maximum atomic E-state index is 13.3. The van der Waals surface area contributed by atoms with Crippen LogP contribution in [0.3, 0.4) is 0 Å². The van der Waals surface area contributed by atoms with Crippen molar-refractivity contribution in [3.8, 4) is 6.07 Å². The van der Waals surface area contributed by atoms with Crippen molar-refractivity contribution >= 4 is 5.91 Å². The molecule has 1 amide bonds. The highest BCUT2D eigenvalue weighted by molar-refractivity contribution is 5.95. The number of carbonyl (C=O) groups excluding carboxylic acids is 1. The zero-order valence-corrected chi connectivity index (χ0v) is 18.6. The standard InChI is InChI=1S/C25H25F4N3O2/c1-23(34,25(27,28)29)17-4-2-16(3-5-17)22(33)32(19-7-8-19)20-10-12-24(15-30,13-11-20)21-9-6-18(26)14-31-21/h2-6,9,14,19-20,34H,7-8,10-13H2,1H3/t20?,23-,24?/m0/s1. The van der Waals surface area contributed by atoms with Crippen molar-refractivity contribution < 1.29 is 27.5 Å². The van der Waals surface area contributed by atoms with Crippen LogP contribution in [0.2, 0.25) is 0 Å². The second-order valence-corrected chi connectivity index (χ2v) is 9.38. The van der Waals surface area contributed by atoms with Gasteiger partial charge in [0.05, 0.1) is 23.4 Å². The lowest BCUT2D eigenvalue weighted by molar-refractivity contribution is -0.258. The van der Waals surface area contributed by atoms with E-state index >= 15 is 0 Å². The zero-order valence-electron chi connectivity index (χ0n) is 18.6. The van der Waals surface area contributed by atoms with Crippen LogP contribution >= 0.6 is 0 Å². The largest absolute Gasteiger partial charge is 0.421 e. The first-order valence-corrected chi connectivity index (χ1v) is 11.2. The molecule has 0 spiro atoms. The summed E-state index contributed by atoms with van der Waals surface area (Å²) in [6.07, 6.45) is 0.0322. The molecular weight excluding hydrogens is 450 g/mol. The molecule has 0 aliphatic heterocycles. The number of hydrogen-bond donors (Lipinski definition) is 1. The Hall–Kier alpha value is -2.99. The molecule has 2 saturated carbocycles. The fraction of sp³-hybridized carbons (Fsp3) is 0.480. The highest BCUT2D eigenvalue weighted by Gasteiger charge is 2.51.